The molecule has 0 spiro atoms. The van der Waals surface area contributed by atoms with Crippen molar-refractivity contribution in [2.45, 2.75) is 63.6 Å². The van der Waals surface area contributed by atoms with Crippen molar-refractivity contribution in [1.82, 2.24) is 0 Å². The molecule has 2 heterocycles. The molecule has 0 aromatic carbocycles. The number of hydrogen-bond donors (Lipinski definition) is 0. The Morgan fingerprint density at radius 1 is 0.824 bits per heavy atom. The molecule has 0 aromatic heterocycles. The van der Waals surface area contributed by atoms with Gasteiger partial charge in [0, 0.05) is 26.4 Å². The zero-order valence-corrected chi connectivity index (χ0v) is 10.9. The largest absolute Gasteiger partial charge is 0.381 e. The Morgan fingerprint density at radius 2 is 1.35 bits per heavy atom. The van der Waals surface area contributed by atoms with Gasteiger partial charge in [0.05, 0.1) is 12.2 Å². The second-order valence-electron chi connectivity index (χ2n) is 5.17. The molecule has 2 aliphatic rings. The molecule has 0 N–H and O–H groups in total. The number of rotatable bonds is 8. The lowest BCUT2D eigenvalue weighted by atomic mass is 10.1. The van der Waals surface area contributed by atoms with Gasteiger partial charge in [0.1, 0.15) is 0 Å². The molecule has 0 aromatic rings. The lowest BCUT2D eigenvalue weighted by Gasteiger charge is -2.10. The van der Waals surface area contributed by atoms with E-state index in [4.69, 9.17) is 14.2 Å². The van der Waals surface area contributed by atoms with E-state index in [9.17, 15) is 0 Å². The molecule has 3 heteroatoms. The van der Waals surface area contributed by atoms with Crippen molar-refractivity contribution in [3.05, 3.63) is 0 Å². The van der Waals surface area contributed by atoms with Crippen LogP contribution in [-0.4, -0.2) is 38.6 Å². The molecular weight excluding hydrogens is 216 g/mol. The van der Waals surface area contributed by atoms with Crippen molar-refractivity contribution < 1.29 is 14.2 Å². The molecule has 0 saturated carbocycles. The number of ether oxygens (including phenoxy) is 3. The Kier molecular flexibility index (Phi) is 6.32. The van der Waals surface area contributed by atoms with Gasteiger partial charge in [-0.1, -0.05) is 0 Å². The normalized spacial score (nSPS) is 28.9. The second-order valence-corrected chi connectivity index (χ2v) is 5.17. The van der Waals surface area contributed by atoms with Gasteiger partial charge in [-0.05, 0) is 51.4 Å². The van der Waals surface area contributed by atoms with Crippen LogP contribution in [0.1, 0.15) is 51.4 Å². The summed E-state index contributed by atoms with van der Waals surface area (Å²) in [5, 5.41) is 0. The van der Waals surface area contributed by atoms with E-state index in [1.807, 2.05) is 0 Å². The van der Waals surface area contributed by atoms with Crippen LogP contribution >= 0.6 is 0 Å². The minimum Gasteiger partial charge on any atom is -0.381 e. The maximum atomic E-state index is 5.64. The van der Waals surface area contributed by atoms with Crippen molar-refractivity contribution in [3.63, 3.8) is 0 Å². The van der Waals surface area contributed by atoms with Crippen LogP contribution in [0.3, 0.4) is 0 Å². The average Bonchev–Trinajstić information content (AvgIpc) is 3.00. The maximum absolute atomic E-state index is 5.64. The van der Waals surface area contributed by atoms with Gasteiger partial charge in [-0.15, -0.1) is 0 Å². The van der Waals surface area contributed by atoms with E-state index in [0.29, 0.717) is 12.2 Å². The summed E-state index contributed by atoms with van der Waals surface area (Å²) < 4.78 is 16.8. The van der Waals surface area contributed by atoms with E-state index >= 15 is 0 Å². The Balaban J connectivity index is 1.33. The van der Waals surface area contributed by atoms with Crippen molar-refractivity contribution in [2.75, 3.05) is 26.4 Å². The zero-order valence-electron chi connectivity index (χ0n) is 10.9. The monoisotopic (exact) mass is 242 g/mol. The van der Waals surface area contributed by atoms with Gasteiger partial charge in [-0.3, -0.25) is 0 Å². The lowest BCUT2D eigenvalue weighted by Crippen LogP contribution is -2.09. The molecule has 0 aliphatic carbocycles. The Morgan fingerprint density at radius 3 is 1.76 bits per heavy atom. The van der Waals surface area contributed by atoms with Crippen LogP contribution in [0, 0.1) is 0 Å². The smallest absolute Gasteiger partial charge is 0.0576 e. The number of hydrogen-bond acceptors (Lipinski definition) is 3. The molecular formula is C14H26O3. The maximum Gasteiger partial charge on any atom is 0.0576 e. The van der Waals surface area contributed by atoms with Gasteiger partial charge >= 0.3 is 0 Å². The molecule has 3 nitrogen and oxygen atoms in total. The predicted molar refractivity (Wildman–Crippen MR) is 67.2 cm³/mol. The van der Waals surface area contributed by atoms with Gasteiger partial charge < -0.3 is 14.2 Å². The van der Waals surface area contributed by atoms with Crippen molar-refractivity contribution in [2.24, 2.45) is 0 Å². The molecule has 2 atom stereocenters. The Bertz CT molecular complexity index is 164. The Hall–Kier alpha value is -0.120. The second kappa shape index (κ2) is 8.06. The molecule has 2 unspecified atom stereocenters. The molecule has 2 rings (SSSR count). The van der Waals surface area contributed by atoms with Crippen molar-refractivity contribution in [3.8, 4) is 0 Å². The predicted octanol–water partition coefficient (Wildman–Crippen LogP) is 2.92. The first-order chi connectivity index (χ1) is 8.45. The molecule has 0 radical (unpaired) electrons. The van der Waals surface area contributed by atoms with Crippen LogP contribution in [0.2, 0.25) is 0 Å². The molecule has 2 fully saturated rings. The molecule has 0 bridgehead atoms. The Labute approximate surface area is 105 Å². The summed E-state index contributed by atoms with van der Waals surface area (Å²) in [4.78, 5) is 0. The fraction of sp³-hybridized carbons (Fsp3) is 1.00. The van der Waals surface area contributed by atoms with Crippen molar-refractivity contribution in [1.29, 1.82) is 0 Å². The quantitative estimate of drug-likeness (QED) is 0.612. The minimum absolute atomic E-state index is 0.519. The summed E-state index contributed by atoms with van der Waals surface area (Å²) in [7, 11) is 0. The summed E-state index contributed by atoms with van der Waals surface area (Å²) in [6.45, 7) is 3.72. The summed E-state index contributed by atoms with van der Waals surface area (Å²) in [6.07, 6.45) is 10.7. The summed E-state index contributed by atoms with van der Waals surface area (Å²) >= 11 is 0. The van der Waals surface area contributed by atoms with Crippen LogP contribution in [0.5, 0.6) is 0 Å². The van der Waals surface area contributed by atoms with Gasteiger partial charge in [-0.25, -0.2) is 0 Å². The lowest BCUT2D eigenvalue weighted by molar-refractivity contribution is 0.0693. The minimum atomic E-state index is 0.519. The van der Waals surface area contributed by atoms with Crippen LogP contribution in [0.15, 0.2) is 0 Å². The van der Waals surface area contributed by atoms with E-state index in [-0.39, 0.29) is 0 Å². The first kappa shape index (κ1) is 13.3. The van der Waals surface area contributed by atoms with Crippen LogP contribution in [0.4, 0.5) is 0 Å². The SMILES string of the molecule is C(COCCCC1CCCO1)CC1CCCO1. The van der Waals surface area contributed by atoms with Crippen LogP contribution in [-0.2, 0) is 14.2 Å². The summed E-state index contributed by atoms with van der Waals surface area (Å²) in [6, 6.07) is 0. The third kappa shape index (κ3) is 5.36. The molecule has 2 aliphatic heterocycles. The fourth-order valence-corrected chi connectivity index (χ4v) is 2.67. The van der Waals surface area contributed by atoms with Crippen LogP contribution in [0.25, 0.3) is 0 Å². The van der Waals surface area contributed by atoms with Gasteiger partial charge in [-0.2, -0.15) is 0 Å². The molecule has 100 valence electrons. The molecule has 0 amide bonds. The van der Waals surface area contributed by atoms with Crippen molar-refractivity contribution >= 4 is 0 Å². The molecule has 2 saturated heterocycles. The zero-order chi connectivity index (χ0) is 11.8. The van der Waals surface area contributed by atoms with Crippen LogP contribution < -0.4 is 0 Å². The highest BCUT2D eigenvalue weighted by atomic mass is 16.5. The van der Waals surface area contributed by atoms with E-state index in [0.717, 1.165) is 39.3 Å². The standard InChI is InChI=1S/C14H26O3/c1(5-13-7-3-11-16-13)9-15-10-2-6-14-8-4-12-17-14/h13-14H,1-12H2. The van der Waals surface area contributed by atoms with Gasteiger partial charge in [0.2, 0.25) is 0 Å². The fourth-order valence-electron chi connectivity index (χ4n) is 2.67. The average molecular weight is 242 g/mol. The topological polar surface area (TPSA) is 27.7 Å². The summed E-state index contributed by atoms with van der Waals surface area (Å²) in [5.74, 6) is 0. The highest BCUT2D eigenvalue weighted by Crippen LogP contribution is 2.17. The summed E-state index contributed by atoms with van der Waals surface area (Å²) in [5.41, 5.74) is 0. The van der Waals surface area contributed by atoms with Gasteiger partial charge in [0.25, 0.3) is 0 Å². The third-order valence-corrected chi connectivity index (χ3v) is 3.68. The highest BCUT2D eigenvalue weighted by molar-refractivity contribution is 4.65. The van der Waals surface area contributed by atoms with E-state index in [2.05, 4.69) is 0 Å². The van der Waals surface area contributed by atoms with E-state index in [1.165, 1.54) is 38.5 Å². The van der Waals surface area contributed by atoms with Gasteiger partial charge in [0.15, 0.2) is 0 Å². The third-order valence-electron chi connectivity index (χ3n) is 3.68. The highest BCUT2D eigenvalue weighted by Gasteiger charge is 2.15. The first-order valence-electron chi connectivity index (χ1n) is 7.26. The molecule has 17 heavy (non-hydrogen) atoms. The van der Waals surface area contributed by atoms with E-state index < -0.39 is 0 Å². The van der Waals surface area contributed by atoms with E-state index in [1.54, 1.807) is 0 Å². The first-order valence-corrected chi connectivity index (χ1v) is 7.26.